The van der Waals surface area contributed by atoms with E-state index < -0.39 is 28.8 Å². The molecule has 10 nitrogen and oxygen atoms in total. The molecule has 3 saturated heterocycles. The summed E-state index contributed by atoms with van der Waals surface area (Å²) in [5.41, 5.74) is 2.69. The molecule has 8 rings (SSSR count). The van der Waals surface area contributed by atoms with E-state index in [4.69, 9.17) is 41.3 Å². The molecule has 2 bridgehead atoms. The maximum absolute atomic E-state index is 16.9. The lowest BCUT2D eigenvalue weighted by Gasteiger charge is -2.42. The van der Waals surface area contributed by atoms with E-state index in [0.717, 1.165) is 18.9 Å². The zero-order valence-corrected chi connectivity index (χ0v) is 25.5. The van der Waals surface area contributed by atoms with Gasteiger partial charge in [0.25, 0.3) is 0 Å². The van der Waals surface area contributed by atoms with Crippen molar-refractivity contribution in [3.05, 3.63) is 28.0 Å². The fourth-order valence-electron chi connectivity index (χ4n) is 7.11. The number of pyridine rings is 1. The first-order valence-corrected chi connectivity index (χ1v) is 15.3. The summed E-state index contributed by atoms with van der Waals surface area (Å²) >= 11 is 6.85. The number of nitrogen functional groups attached to an aromatic ring is 1. The van der Waals surface area contributed by atoms with Gasteiger partial charge in [-0.1, -0.05) is 11.6 Å². The zero-order chi connectivity index (χ0) is 31.7. The molecule has 2 atom stereocenters. The van der Waals surface area contributed by atoms with E-state index >= 15 is 4.39 Å². The summed E-state index contributed by atoms with van der Waals surface area (Å²) in [6.07, 6.45) is -2.33. The number of ether oxygens (including phenoxy) is 4. The van der Waals surface area contributed by atoms with Gasteiger partial charge in [0.15, 0.2) is 11.6 Å². The maximum atomic E-state index is 16.9. The summed E-state index contributed by atoms with van der Waals surface area (Å²) in [5, 5.41) is 2.92. The number of nitrogens with zero attached hydrogens (tertiary/aromatic N) is 4. The third kappa shape index (κ3) is 5.19. The molecule has 1 saturated carbocycles. The first kappa shape index (κ1) is 30.5. The number of benzene rings is 1. The molecule has 4 fully saturated rings. The Labute approximate surface area is 261 Å². The highest BCUT2D eigenvalue weighted by atomic mass is 35.5. The predicted molar refractivity (Wildman–Crippen MR) is 158 cm³/mol. The Balaban J connectivity index is 1.48. The number of nitrogens with two attached hydrogens (primary N) is 1. The van der Waals surface area contributed by atoms with E-state index in [-0.39, 0.29) is 75.8 Å². The second-order valence-electron chi connectivity index (χ2n) is 12.4. The third-order valence-electron chi connectivity index (χ3n) is 9.30. The lowest BCUT2D eigenvalue weighted by Crippen LogP contribution is -2.51. The molecule has 0 radical (unpaired) electrons. The second-order valence-corrected chi connectivity index (χ2v) is 12.8. The lowest BCUT2D eigenvalue weighted by molar-refractivity contribution is -0.137. The molecule has 0 spiro atoms. The summed E-state index contributed by atoms with van der Waals surface area (Å²) in [6.45, 7) is 4.11. The fourth-order valence-corrected chi connectivity index (χ4v) is 7.43. The smallest absolute Gasteiger partial charge is 0.418 e. The molecule has 0 amide bonds. The minimum atomic E-state index is -4.89. The fraction of sp³-hybridized carbons (Fsp3) is 0.567. The van der Waals surface area contributed by atoms with Crippen LogP contribution in [-0.4, -0.2) is 80.3 Å². The molecular weight excluding hydrogens is 620 g/mol. The maximum Gasteiger partial charge on any atom is 0.418 e. The molecular formula is C30H33ClF4N6O4. The normalized spacial score (nSPS) is 25.8. The molecule has 3 N–H and O–H groups in total. The minimum absolute atomic E-state index is 0.0391. The number of nitrogens with one attached hydrogen (secondary N) is 1. The number of fused-ring (bicyclic) bond motifs is 2. The van der Waals surface area contributed by atoms with Crippen molar-refractivity contribution < 1.29 is 36.5 Å². The van der Waals surface area contributed by atoms with Gasteiger partial charge in [-0.25, -0.2) is 9.37 Å². The third-order valence-corrected chi connectivity index (χ3v) is 9.66. The van der Waals surface area contributed by atoms with Crippen LogP contribution in [0.15, 0.2) is 6.07 Å². The van der Waals surface area contributed by atoms with Crippen LogP contribution in [0.4, 0.5) is 29.2 Å². The highest BCUT2D eigenvalue weighted by Gasteiger charge is 2.52. The van der Waals surface area contributed by atoms with Crippen molar-refractivity contribution in [2.24, 2.45) is 11.3 Å². The van der Waals surface area contributed by atoms with Gasteiger partial charge in [-0.2, -0.15) is 23.1 Å². The van der Waals surface area contributed by atoms with Gasteiger partial charge in [-0.3, -0.25) is 0 Å². The van der Waals surface area contributed by atoms with Gasteiger partial charge in [0, 0.05) is 37.1 Å². The lowest BCUT2D eigenvalue weighted by atomic mass is 9.71. The number of hydrogen-bond acceptors (Lipinski definition) is 10. The molecule has 5 aliphatic rings. The van der Waals surface area contributed by atoms with Crippen LogP contribution in [0.5, 0.6) is 11.8 Å². The minimum Gasteiger partial charge on any atom is -0.491 e. The summed E-state index contributed by atoms with van der Waals surface area (Å²) in [6, 6.07) is 0.894. The number of halogens is 5. The van der Waals surface area contributed by atoms with Gasteiger partial charge in [0.1, 0.15) is 17.2 Å². The second kappa shape index (κ2) is 11.2. The van der Waals surface area contributed by atoms with E-state index in [0.29, 0.717) is 45.1 Å². The van der Waals surface area contributed by atoms with Crippen molar-refractivity contribution in [2.75, 3.05) is 63.8 Å². The quantitative estimate of drug-likeness (QED) is 0.346. The van der Waals surface area contributed by atoms with Crippen molar-refractivity contribution in [2.45, 2.75) is 44.5 Å². The summed E-state index contributed by atoms with van der Waals surface area (Å²) < 4.78 is 84.1. The van der Waals surface area contributed by atoms with Crippen molar-refractivity contribution >= 4 is 34.1 Å². The first-order chi connectivity index (χ1) is 21.5. The van der Waals surface area contributed by atoms with Gasteiger partial charge in [-0.05, 0) is 44.9 Å². The number of likely N-dealkylation sites (N-methyl/N-ethyl adjacent to an activating group) is 1. The Kier molecular flexibility index (Phi) is 7.61. The number of hydrogen-bond donors (Lipinski definition) is 2. The van der Waals surface area contributed by atoms with Gasteiger partial charge in [0.2, 0.25) is 0 Å². The first-order valence-electron chi connectivity index (χ1n) is 14.9. The van der Waals surface area contributed by atoms with Crippen LogP contribution in [0.2, 0.25) is 5.02 Å². The Morgan fingerprint density at radius 3 is 2.73 bits per heavy atom. The summed E-state index contributed by atoms with van der Waals surface area (Å²) in [4.78, 5) is 15.3. The topological polar surface area (TPSA) is 117 Å². The summed E-state index contributed by atoms with van der Waals surface area (Å²) in [5.74, 6) is -1.18. The molecule has 6 heterocycles. The van der Waals surface area contributed by atoms with Crippen LogP contribution >= 0.6 is 11.6 Å². The van der Waals surface area contributed by atoms with Gasteiger partial charge in [-0.15, -0.1) is 0 Å². The molecule has 45 heavy (non-hydrogen) atoms. The highest BCUT2D eigenvalue weighted by Crippen LogP contribution is 2.52. The molecule has 4 aliphatic heterocycles. The number of aromatic nitrogens is 3. The number of aryl methyl sites for hydroxylation is 1. The molecule has 242 valence electrons. The number of rotatable bonds is 7. The van der Waals surface area contributed by atoms with Gasteiger partial charge in [0.05, 0.1) is 59.8 Å². The van der Waals surface area contributed by atoms with Crippen molar-refractivity contribution in [1.82, 2.24) is 20.3 Å². The van der Waals surface area contributed by atoms with Gasteiger partial charge >= 0.3 is 12.2 Å². The Morgan fingerprint density at radius 2 is 2.02 bits per heavy atom. The predicted octanol–water partition coefficient (Wildman–Crippen LogP) is 4.77. The van der Waals surface area contributed by atoms with E-state index in [1.807, 2.05) is 7.05 Å². The van der Waals surface area contributed by atoms with E-state index in [2.05, 4.69) is 20.2 Å². The van der Waals surface area contributed by atoms with Crippen LogP contribution in [0.1, 0.15) is 30.4 Å². The molecule has 1 aliphatic carbocycles. The molecule has 2 unspecified atom stereocenters. The van der Waals surface area contributed by atoms with Crippen LogP contribution in [-0.2, 0) is 15.7 Å². The average Bonchev–Trinajstić information content (AvgIpc) is 3.57. The highest BCUT2D eigenvalue weighted by molar-refractivity contribution is 6.36. The average molecular weight is 653 g/mol. The van der Waals surface area contributed by atoms with Crippen molar-refractivity contribution in [3.63, 3.8) is 0 Å². The Bertz CT molecular complexity index is 1650. The molecule has 15 heteroatoms. The van der Waals surface area contributed by atoms with E-state index in [1.54, 1.807) is 0 Å². The van der Waals surface area contributed by atoms with Crippen LogP contribution in [0.3, 0.4) is 0 Å². The Morgan fingerprint density at radius 1 is 1.22 bits per heavy atom. The molecule has 2 aromatic heterocycles. The SMILES string of the molecule is CNCCN1c2nc(OCC34COC(C3)C4)nc3c(F)c(-c4nc(N)cc(C)c4C(F)(F)F)c(Cl)c(c23)OCC2COCCC21. The van der Waals surface area contributed by atoms with Gasteiger partial charge < -0.3 is 34.9 Å². The largest absolute Gasteiger partial charge is 0.491 e. The van der Waals surface area contributed by atoms with Crippen molar-refractivity contribution in [3.8, 4) is 23.0 Å². The van der Waals surface area contributed by atoms with Crippen molar-refractivity contribution in [1.29, 1.82) is 0 Å². The standard InChI is InChI=1S/C30H33ClF4N6O4/c1-14-7-18(36)38-24(21(14)30(33,34)35)19-22(31)26-20-25(23(19)32)39-28(45-13-29-8-16(9-29)44-12-29)40-27(20)41(5-4-37-2)17-3-6-42-10-15(17)11-43-26/h7,15-17,37H,3-6,8-13H2,1-2H3,(H2,36,38). The molecule has 1 aromatic carbocycles. The van der Waals surface area contributed by atoms with Crippen LogP contribution in [0.25, 0.3) is 22.2 Å². The van der Waals surface area contributed by atoms with Crippen LogP contribution in [0, 0.1) is 24.1 Å². The van der Waals surface area contributed by atoms with E-state index in [9.17, 15) is 13.2 Å². The van der Waals surface area contributed by atoms with Crippen LogP contribution < -0.4 is 25.4 Å². The Hall–Kier alpha value is -3.20. The summed E-state index contributed by atoms with van der Waals surface area (Å²) in [7, 11) is 1.82. The van der Waals surface area contributed by atoms with E-state index in [1.165, 1.54) is 6.92 Å². The monoisotopic (exact) mass is 652 g/mol. The number of alkyl halides is 3. The number of anilines is 2. The zero-order valence-electron chi connectivity index (χ0n) is 24.8. The molecule has 3 aromatic rings.